The monoisotopic (exact) mass is 216 g/mol. The fraction of sp³-hybridized carbons (Fsp3) is 0.667. The Labute approximate surface area is 88.2 Å². The fourth-order valence-electron chi connectivity index (χ4n) is 0.961. The molecule has 0 aliphatic rings. The summed E-state index contributed by atoms with van der Waals surface area (Å²) in [4.78, 5) is 33.8. The quantitative estimate of drug-likeness (QED) is 0.623. The van der Waals surface area contributed by atoms with Crippen molar-refractivity contribution in [2.45, 2.75) is 19.8 Å². The number of hydrogen-bond donors (Lipinski definition) is 2. The average Bonchev–Trinajstić information content (AvgIpc) is 2.14. The summed E-state index contributed by atoms with van der Waals surface area (Å²) in [5.74, 6) is -1.61. The van der Waals surface area contributed by atoms with Gasteiger partial charge < -0.3 is 15.3 Å². The van der Waals surface area contributed by atoms with Gasteiger partial charge in [0.15, 0.2) is 0 Å². The molecular formula is C9H16N2O4. The number of carbonyl (C=O) groups is 3. The predicted molar refractivity (Wildman–Crippen MR) is 53.2 cm³/mol. The molecule has 2 N–H and O–H groups in total. The number of aliphatic carboxylic acids is 1. The number of carboxylic acid groups (broad SMARTS) is 1. The summed E-state index contributed by atoms with van der Waals surface area (Å²) in [5.41, 5.74) is 0. The number of carbonyl (C=O) groups excluding carboxylic acids is 2. The van der Waals surface area contributed by atoms with Gasteiger partial charge in [-0.2, -0.15) is 0 Å². The standard InChI is InChI=1S/C9H16N2O4/c1-3-10-7(12)6-11(2)8(13)4-5-9(14)15/h3-6H2,1-2H3,(H,10,12)(H,14,15). The SMILES string of the molecule is CCNC(=O)CN(C)C(=O)CCC(=O)O. The van der Waals surface area contributed by atoms with Gasteiger partial charge in [0.2, 0.25) is 11.8 Å². The minimum absolute atomic E-state index is 0.0354. The van der Waals surface area contributed by atoms with Gasteiger partial charge in [-0.1, -0.05) is 0 Å². The van der Waals surface area contributed by atoms with Crippen LogP contribution in [-0.2, 0) is 14.4 Å². The summed E-state index contributed by atoms with van der Waals surface area (Å²) in [6.45, 7) is 2.26. The molecule has 2 amide bonds. The number of carboxylic acids is 1. The number of nitrogens with one attached hydrogen (secondary N) is 1. The summed E-state index contributed by atoms with van der Waals surface area (Å²) in [5, 5.41) is 10.9. The molecule has 0 radical (unpaired) electrons. The van der Waals surface area contributed by atoms with Gasteiger partial charge in [0, 0.05) is 20.0 Å². The lowest BCUT2D eigenvalue weighted by Gasteiger charge is -2.15. The Bertz CT molecular complexity index is 252. The van der Waals surface area contributed by atoms with E-state index in [1.165, 1.54) is 11.9 Å². The van der Waals surface area contributed by atoms with Gasteiger partial charge in [-0.05, 0) is 6.92 Å². The van der Waals surface area contributed by atoms with E-state index >= 15 is 0 Å². The predicted octanol–water partition coefficient (Wildman–Crippen LogP) is -0.554. The number of hydrogen-bond acceptors (Lipinski definition) is 3. The van der Waals surface area contributed by atoms with Crippen LogP contribution in [0.3, 0.4) is 0 Å². The summed E-state index contributed by atoms with van der Waals surface area (Å²) in [6.07, 6.45) is -0.288. The second-order valence-electron chi connectivity index (χ2n) is 3.10. The zero-order valence-electron chi connectivity index (χ0n) is 8.95. The first-order valence-corrected chi connectivity index (χ1v) is 4.69. The smallest absolute Gasteiger partial charge is 0.303 e. The van der Waals surface area contributed by atoms with Gasteiger partial charge in [-0.3, -0.25) is 14.4 Å². The first kappa shape index (κ1) is 13.4. The van der Waals surface area contributed by atoms with Crippen molar-refractivity contribution in [3.05, 3.63) is 0 Å². The maximum Gasteiger partial charge on any atom is 0.303 e. The van der Waals surface area contributed by atoms with Crippen LogP contribution < -0.4 is 5.32 Å². The maximum atomic E-state index is 11.3. The highest BCUT2D eigenvalue weighted by Gasteiger charge is 2.13. The minimum Gasteiger partial charge on any atom is -0.481 e. The summed E-state index contributed by atoms with van der Waals surface area (Å²) >= 11 is 0. The first-order chi connectivity index (χ1) is 6.97. The minimum atomic E-state index is -1.02. The van der Waals surface area contributed by atoms with Gasteiger partial charge in [0.05, 0.1) is 13.0 Å². The van der Waals surface area contributed by atoms with E-state index in [0.29, 0.717) is 6.54 Å². The van der Waals surface area contributed by atoms with Crippen molar-refractivity contribution in [3.63, 3.8) is 0 Å². The van der Waals surface area contributed by atoms with E-state index in [2.05, 4.69) is 5.32 Å². The van der Waals surface area contributed by atoms with Crippen LogP contribution in [0.1, 0.15) is 19.8 Å². The largest absolute Gasteiger partial charge is 0.481 e. The van der Waals surface area contributed by atoms with Crippen molar-refractivity contribution in [2.75, 3.05) is 20.1 Å². The third kappa shape index (κ3) is 6.48. The van der Waals surface area contributed by atoms with E-state index in [1.807, 2.05) is 0 Å². The molecule has 0 unspecified atom stereocenters. The number of nitrogens with zero attached hydrogens (tertiary/aromatic N) is 1. The van der Waals surface area contributed by atoms with Crippen LogP contribution in [-0.4, -0.2) is 47.9 Å². The van der Waals surface area contributed by atoms with Crippen LogP contribution in [0, 0.1) is 0 Å². The molecule has 0 rings (SSSR count). The molecular weight excluding hydrogens is 200 g/mol. The second-order valence-corrected chi connectivity index (χ2v) is 3.10. The van der Waals surface area contributed by atoms with Crippen LogP contribution in [0.2, 0.25) is 0 Å². The number of amides is 2. The van der Waals surface area contributed by atoms with Crippen LogP contribution in [0.4, 0.5) is 0 Å². The summed E-state index contributed by atoms with van der Waals surface area (Å²) < 4.78 is 0. The van der Waals surface area contributed by atoms with Crippen molar-refractivity contribution in [1.82, 2.24) is 10.2 Å². The topological polar surface area (TPSA) is 86.7 Å². The Morgan fingerprint density at radius 3 is 2.33 bits per heavy atom. The van der Waals surface area contributed by atoms with Gasteiger partial charge in [0.1, 0.15) is 0 Å². The molecule has 0 bridgehead atoms. The fourth-order valence-corrected chi connectivity index (χ4v) is 0.961. The first-order valence-electron chi connectivity index (χ1n) is 4.69. The van der Waals surface area contributed by atoms with E-state index < -0.39 is 5.97 Å². The van der Waals surface area contributed by atoms with E-state index in [1.54, 1.807) is 6.92 Å². The number of likely N-dealkylation sites (N-methyl/N-ethyl adjacent to an activating group) is 2. The van der Waals surface area contributed by atoms with E-state index in [-0.39, 0.29) is 31.2 Å². The molecule has 0 saturated heterocycles. The van der Waals surface area contributed by atoms with Gasteiger partial charge in [0.25, 0.3) is 0 Å². The van der Waals surface area contributed by atoms with Gasteiger partial charge in [-0.15, -0.1) is 0 Å². The Kier molecular flexibility index (Phi) is 6.08. The van der Waals surface area contributed by atoms with Crippen LogP contribution in [0.15, 0.2) is 0 Å². The third-order valence-corrected chi connectivity index (χ3v) is 1.73. The normalized spacial score (nSPS) is 9.47. The molecule has 0 atom stereocenters. The molecule has 6 nitrogen and oxygen atoms in total. The average molecular weight is 216 g/mol. The Morgan fingerprint density at radius 2 is 1.87 bits per heavy atom. The molecule has 0 spiro atoms. The van der Waals surface area contributed by atoms with Crippen molar-refractivity contribution in [2.24, 2.45) is 0 Å². The summed E-state index contributed by atoms with van der Waals surface area (Å²) in [6, 6.07) is 0. The zero-order valence-corrected chi connectivity index (χ0v) is 8.95. The third-order valence-electron chi connectivity index (χ3n) is 1.73. The second kappa shape index (κ2) is 6.80. The molecule has 86 valence electrons. The highest BCUT2D eigenvalue weighted by molar-refractivity contribution is 5.86. The lowest BCUT2D eigenvalue weighted by Crippen LogP contribution is -2.38. The van der Waals surface area contributed by atoms with Crippen molar-refractivity contribution >= 4 is 17.8 Å². The molecule has 0 aromatic rings. The highest BCUT2D eigenvalue weighted by atomic mass is 16.4. The lowest BCUT2D eigenvalue weighted by atomic mass is 10.3. The lowest BCUT2D eigenvalue weighted by molar-refractivity contribution is -0.141. The molecule has 0 saturated carbocycles. The molecule has 0 fully saturated rings. The molecule has 0 aliphatic carbocycles. The van der Waals surface area contributed by atoms with Gasteiger partial charge >= 0.3 is 5.97 Å². The molecule has 6 heteroatoms. The van der Waals surface area contributed by atoms with Crippen LogP contribution in [0.5, 0.6) is 0 Å². The van der Waals surface area contributed by atoms with Crippen molar-refractivity contribution in [1.29, 1.82) is 0 Å². The zero-order chi connectivity index (χ0) is 11.8. The highest BCUT2D eigenvalue weighted by Crippen LogP contribution is 1.95. The molecule has 0 aromatic carbocycles. The van der Waals surface area contributed by atoms with Crippen molar-refractivity contribution in [3.8, 4) is 0 Å². The Hall–Kier alpha value is -1.59. The van der Waals surface area contributed by atoms with E-state index in [0.717, 1.165) is 0 Å². The maximum absolute atomic E-state index is 11.3. The van der Waals surface area contributed by atoms with Crippen molar-refractivity contribution < 1.29 is 19.5 Å². The number of rotatable bonds is 6. The molecule has 0 heterocycles. The van der Waals surface area contributed by atoms with Crippen LogP contribution >= 0.6 is 0 Å². The molecule has 15 heavy (non-hydrogen) atoms. The van der Waals surface area contributed by atoms with E-state index in [4.69, 9.17) is 5.11 Å². The Balaban J connectivity index is 3.88. The Morgan fingerprint density at radius 1 is 1.27 bits per heavy atom. The van der Waals surface area contributed by atoms with Crippen LogP contribution in [0.25, 0.3) is 0 Å². The molecule has 0 aromatic heterocycles. The van der Waals surface area contributed by atoms with Gasteiger partial charge in [-0.25, -0.2) is 0 Å². The molecule has 0 aliphatic heterocycles. The van der Waals surface area contributed by atoms with E-state index in [9.17, 15) is 14.4 Å². The summed E-state index contributed by atoms with van der Waals surface area (Å²) in [7, 11) is 1.47.